The van der Waals surface area contributed by atoms with Crippen LogP contribution in [0.5, 0.6) is 0 Å². The van der Waals surface area contributed by atoms with Gasteiger partial charge in [-0.2, -0.15) is 0 Å². The highest BCUT2D eigenvalue weighted by molar-refractivity contribution is 5.87. The van der Waals surface area contributed by atoms with Crippen molar-refractivity contribution in [3.63, 3.8) is 0 Å². The molecule has 2 aromatic heterocycles. The van der Waals surface area contributed by atoms with Gasteiger partial charge < -0.3 is 15.4 Å². The first-order chi connectivity index (χ1) is 13.3. The summed E-state index contributed by atoms with van der Waals surface area (Å²) in [7, 11) is 0. The van der Waals surface area contributed by atoms with Crippen LogP contribution in [0.2, 0.25) is 0 Å². The van der Waals surface area contributed by atoms with Crippen molar-refractivity contribution in [2.75, 3.05) is 50.0 Å². The van der Waals surface area contributed by atoms with Gasteiger partial charge >= 0.3 is 0 Å². The van der Waals surface area contributed by atoms with Crippen LogP contribution in [0.1, 0.15) is 5.56 Å². The summed E-state index contributed by atoms with van der Waals surface area (Å²) in [5.41, 5.74) is 3.55. The number of anilines is 3. The first kappa shape index (κ1) is 17.6. The number of benzene rings is 1. The third-order valence-electron chi connectivity index (χ3n) is 4.47. The number of rotatable bonds is 6. The number of aryl methyl sites for hydroxylation is 1. The van der Waals surface area contributed by atoms with Crippen molar-refractivity contribution in [2.45, 2.75) is 6.92 Å². The van der Waals surface area contributed by atoms with Crippen LogP contribution >= 0.6 is 0 Å². The van der Waals surface area contributed by atoms with Crippen molar-refractivity contribution in [3.8, 4) is 0 Å². The Labute approximate surface area is 158 Å². The van der Waals surface area contributed by atoms with Gasteiger partial charge in [0.1, 0.15) is 17.4 Å². The van der Waals surface area contributed by atoms with Crippen molar-refractivity contribution in [1.82, 2.24) is 24.8 Å². The van der Waals surface area contributed by atoms with E-state index in [0.29, 0.717) is 22.8 Å². The Morgan fingerprint density at radius 1 is 1.15 bits per heavy atom. The molecule has 8 heteroatoms. The van der Waals surface area contributed by atoms with Crippen molar-refractivity contribution in [3.05, 3.63) is 42.4 Å². The fourth-order valence-electron chi connectivity index (χ4n) is 3.04. The number of morpholine rings is 1. The number of nitrogens with one attached hydrogen (secondary N) is 2. The van der Waals surface area contributed by atoms with Crippen molar-refractivity contribution >= 4 is 28.5 Å². The number of nitrogens with zero attached hydrogens (tertiary/aromatic N) is 5. The molecule has 1 fully saturated rings. The van der Waals surface area contributed by atoms with Crippen LogP contribution < -0.4 is 10.6 Å². The van der Waals surface area contributed by atoms with Crippen LogP contribution in [0.15, 0.2) is 36.8 Å². The number of hydrogen-bond donors (Lipinski definition) is 2. The summed E-state index contributed by atoms with van der Waals surface area (Å²) in [6.45, 7) is 7.32. The smallest absolute Gasteiger partial charge is 0.223 e. The van der Waals surface area contributed by atoms with Gasteiger partial charge in [-0.1, -0.05) is 12.1 Å². The van der Waals surface area contributed by atoms with E-state index in [4.69, 9.17) is 4.74 Å². The summed E-state index contributed by atoms with van der Waals surface area (Å²) in [6.07, 6.45) is 3.25. The Morgan fingerprint density at radius 3 is 2.89 bits per heavy atom. The maximum atomic E-state index is 5.37. The van der Waals surface area contributed by atoms with Gasteiger partial charge in [0, 0.05) is 31.9 Å². The van der Waals surface area contributed by atoms with E-state index in [1.165, 1.54) is 11.9 Å². The first-order valence-electron chi connectivity index (χ1n) is 9.13. The lowest BCUT2D eigenvalue weighted by molar-refractivity contribution is 0.0398. The molecule has 4 rings (SSSR count). The molecule has 140 valence electrons. The number of hydrogen-bond acceptors (Lipinski definition) is 8. The van der Waals surface area contributed by atoms with E-state index in [0.717, 1.165) is 45.1 Å². The van der Waals surface area contributed by atoms with Gasteiger partial charge in [-0.05, 0) is 24.6 Å². The van der Waals surface area contributed by atoms with Crippen molar-refractivity contribution < 1.29 is 4.74 Å². The van der Waals surface area contributed by atoms with E-state index in [1.54, 1.807) is 6.20 Å². The molecule has 0 spiro atoms. The average molecular weight is 365 g/mol. The van der Waals surface area contributed by atoms with Gasteiger partial charge in [0.15, 0.2) is 5.82 Å². The Morgan fingerprint density at radius 2 is 2.04 bits per heavy atom. The van der Waals surface area contributed by atoms with E-state index in [1.807, 2.05) is 12.1 Å². The SMILES string of the molecule is Cc1cccc(Nc2ncnc3cnc(NCCN4CCOCC4)nc23)c1. The van der Waals surface area contributed by atoms with Crippen molar-refractivity contribution in [2.24, 2.45) is 0 Å². The molecular formula is C19H23N7O. The molecule has 1 aromatic carbocycles. The normalized spacial score (nSPS) is 15.0. The third kappa shape index (κ3) is 4.47. The largest absolute Gasteiger partial charge is 0.379 e. The summed E-state index contributed by atoms with van der Waals surface area (Å²) in [5, 5.41) is 6.63. The summed E-state index contributed by atoms with van der Waals surface area (Å²) in [5.74, 6) is 1.25. The zero-order valence-corrected chi connectivity index (χ0v) is 15.4. The minimum atomic E-state index is 0.581. The molecule has 0 saturated carbocycles. The Bertz CT molecular complexity index is 911. The van der Waals surface area contributed by atoms with E-state index in [-0.39, 0.29) is 0 Å². The maximum absolute atomic E-state index is 5.37. The minimum Gasteiger partial charge on any atom is -0.379 e. The molecule has 0 unspecified atom stereocenters. The molecule has 3 heterocycles. The monoisotopic (exact) mass is 365 g/mol. The highest BCUT2D eigenvalue weighted by Crippen LogP contribution is 2.22. The molecule has 2 N–H and O–H groups in total. The molecule has 1 aliphatic rings. The first-order valence-corrected chi connectivity index (χ1v) is 9.13. The van der Waals surface area contributed by atoms with E-state index in [2.05, 4.69) is 54.5 Å². The molecule has 27 heavy (non-hydrogen) atoms. The van der Waals surface area contributed by atoms with Gasteiger partial charge in [-0.15, -0.1) is 0 Å². The second kappa shape index (κ2) is 8.24. The molecule has 8 nitrogen and oxygen atoms in total. The molecule has 1 aliphatic heterocycles. The summed E-state index contributed by atoms with van der Waals surface area (Å²) in [6, 6.07) is 8.14. The van der Waals surface area contributed by atoms with Gasteiger partial charge in [-0.3, -0.25) is 4.90 Å². The second-order valence-corrected chi connectivity index (χ2v) is 6.53. The van der Waals surface area contributed by atoms with Gasteiger partial charge in [0.25, 0.3) is 0 Å². The Hall–Kier alpha value is -2.84. The van der Waals surface area contributed by atoms with Gasteiger partial charge in [0.2, 0.25) is 5.95 Å². The van der Waals surface area contributed by atoms with E-state index >= 15 is 0 Å². The van der Waals surface area contributed by atoms with Crippen LogP contribution in [-0.4, -0.2) is 64.2 Å². The van der Waals surface area contributed by atoms with Crippen LogP contribution in [0, 0.1) is 6.92 Å². The number of aromatic nitrogens is 4. The Kier molecular flexibility index (Phi) is 5.36. The lowest BCUT2D eigenvalue weighted by atomic mass is 10.2. The second-order valence-electron chi connectivity index (χ2n) is 6.53. The quantitative estimate of drug-likeness (QED) is 0.687. The molecule has 0 bridgehead atoms. The van der Waals surface area contributed by atoms with Crippen LogP contribution in [0.25, 0.3) is 11.0 Å². The van der Waals surface area contributed by atoms with E-state index in [9.17, 15) is 0 Å². The predicted octanol–water partition coefficient (Wildman–Crippen LogP) is 2.22. The predicted molar refractivity (Wildman–Crippen MR) is 105 cm³/mol. The molecule has 0 atom stereocenters. The lowest BCUT2D eigenvalue weighted by Crippen LogP contribution is -2.39. The lowest BCUT2D eigenvalue weighted by Gasteiger charge is -2.26. The molecule has 0 radical (unpaired) electrons. The summed E-state index contributed by atoms with van der Waals surface area (Å²) < 4.78 is 5.37. The number of fused-ring (bicyclic) bond motifs is 1. The van der Waals surface area contributed by atoms with Crippen molar-refractivity contribution in [1.29, 1.82) is 0 Å². The van der Waals surface area contributed by atoms with Crippen LogP contribution in [-0.2, 0) is 4.74 Å². The molecule has 0 aliphatic carbocycles. The standard InChI is InChI=1S/C19H23N7O/c1-14-3-2-4-15(11-14)24-18-17-16(22-13-23-18)12-21-19(25-17)20-5-6-26-7-9-27-10-8-26/h2-4,11-13H,5-10H2,1H3,(H,20,21,25)(H,22,23,24). The molecule has 3 aromatic rings. The van der Waals surface area contributed by atoms with Crippen LogP contribution in [0.4, 0.5) is 17.5 Å². The highest BCUT2D eigenvalue weighted by Gasteiger charge is 2.11. The topological polar surface area (TPSA) is 88.1 Å². The zero-order valence-electron chi connectivity index (χ0n) is 15.4. The Balaban J connectivity index is 1.48. The molecule has 0 amide bonds. The summed E-state index contributed by atoms with van der Waals surface area (Å²) >= 11 is 0. The zero-order chi connectivity index (χ0) is 18.5. The number of ether oxygens (including phenoxy) is 1. The van der Waals surface area contributed by atoms with Crippen LogP contribution in [0.3, 0.4) is 0 Å². The fourth-order valence-corrected chi connectivity index (χ4v) is 3.04. The molecular weight excluding hydrogens is 342 g/mol. The highest BCUT2D eigenvalue weighted by atomic mass is 16.5. The fraction of sp³-hybridized carbons (Fsp3) is 0.368. The van der Waals surface area contributed by atoms with E-state index < -0.39 is 0 Å². The maximum Gasteiger partial charge on any atom is 0.223 e. The minimum absolute atomic E-state index is 0.581. The molecule has 1 saturated heterocycles. The van der Waals surface area contributed by atoms with Gasteiger partial charge in [0.05, 0.1) is 19.4 Å². The average Bonchev–Trinajstić information content (AvgIpc) is 2.69. The third-order valence-corrected chi connectivity index (χ3v) is 4.47. The summed E-state index contributed by atoms with van der Waals surface area (Å²) in [4.78, 5) is 20.0. The van der Waals surface area contributed by atoms with Gasteiger partial charge in [-0.25, -0.2) is 19.9 Å².